The summed E-state index contributed by atoms with van der Waals surface area (Å²) in [5.74, 6) is -3.83. The first kappa shape index (κ1) is 21.3. The van der Waals surface area contributed by atoms with E-state index in [0.29, 0.717) is 6.54 Å². The van der Waals surface area contributed by atoms with Crippen molar-refractivity contribution in [1.82, 2.24) is 14.7 Å². The normalized spacial score (nSPS) is 28.5. The Balaban J connectivity index is 1.56. The molecule has 2 aromatic carbocycles. The third kappa shape index (κ3) is 2.93. The van der Waals surface area contributed by atoms with Gasteiger partial charge in [0.25, 0.3) is 5.91 Å². The summed E-state index contributed by atoms with van der Waals surface area (Å²) in [5.41, 5.74) is -0.464. The fourth-order valence-electron chi connectivity index (χ4n) is 5.73. The van der Waals surface area contributed by atoms with Gasteiger partial charge in [0.2, 0.25) is 17.7 Å². The average Bonchev–Trinajstić information content (AvgIpc) is 3.19. The summed E-state index contributed by atoms with van der Waals surface area (Å²) in [6.07, 6.45) is 0. The van der Waals surface area contributed by atoms with Gasteiger partial charge in [0.05, 0.1) is 24.4 Å². The zero-order valence-electron chi connectivity index (χ0n) is 18.4. The third-order valence-electron chi connectivity index (χ3n) is 7.30. The van der Waals surface area contributed by atoms with Gasteiger partial charge in [-0.05, 0) is 43.7 Å². The van der Waals surface area contributed by atoms with Crippen LogP contribution in [0, 0.1) is 17.7 Å². The van der Waals surface area contributed by atoms with Crippen molar-refractivity contribution in [1.29, 1.82) is 0 Å². The van der Waals surface area contributed by atoms with Gasteiger partial charge in [-0.3, -0.25) is 24.1 Å². The molecule has 0 unspecified atom stereocenters. The highest BCUT2D eigenvalue weighted by Gasteiger charge is 2.73. The number of benzene rings is 2. The molecule has 170 valence electrons. The smallest absolute Gasteiger partial charge is 0.255 e. The topological polar surface area (TPSA) is 78.0 Å². The SMILES string of the molecule is CCN1C[C@@H]2[C@@H]3C(=O)N(Cc4ccccc4)C(=O)[C@@H]3[C@](C)(C1=O)N2C(=O)c1ccc(F)cc1. The number of imide groups is 1. The van der Waals surface area contributed by atoms with Crippen LogP contribution in [0.15, 0.2) is 54.6 Å². The predicted molar refractivity (Wildman–Crippen MR) is 116 cm³/mol. The Morgan fingerprint density at radius 1 is 1.03 bits per heavy atom. The first-order chi connectivity index (χ1) is 15.8. The summed E-state index contributed by atoms with van der Waals surface area (Å²) >= 11 is 0. The van der Waals surface area contributed by atoms with Crippen molar-refractivity contribution in [2.24, 2.45) is 11.8 Å². The van der Waals surface area contributed by atoms with Crippen LogP contribution >= 0.6 is 0 Å². The highest BCUT2D eigenvalue weighted by molar-refractivity contribution is 6.13. The number of likely N-dealkylation sites (tertiary alicyclic amines) is 2. The summed E-state index contributed by atoms with van der Waals surface area (Å²) in [7, 11) is 0. The minimum Gasteiger partial charge on any atom is -0.339 e. The predicted octanol–water partition coefficient (Wildman–Crippen LogP) is 2.07. The molecule has 2 bridgehead atoms. The Kier molecular flexibility index (Phi) is 4.84. The maximum atomic E-state index is 13.6. The van der Waals surface area contributed by atoms with Crippen molar-refractivity contribution in [3.63, 3.8) is 0 Å². The molecule has 5 rings (SSSR count). The van der Waals surface area contributed by atoms with Crippen LogP contribution in [0.1, 0.15) is 29.8 Å². The second-order valence-corrected chi connectivity index (χ2v) is 8.99. The Labute approximate surface area is 190 Å². The number of likely N-dealkylation sites (N-methyl/N-ethyl adjacent to an activating group) is 1. The van der Waals surface area contributed by atoms with E-state index < -0.39 is 41.0 Å². The van der Waals surface area contributed by atoms with E-state index >= 15 is 0 Å². The zero-order valence-corrected chi connectivity index (χ0v) is 18.4. The van der Waals surface area contributed by atoms with Gasteiger partial charge >= 0.3 is 0 Å². The molecule has 0 saturated carbocycles. The van der Waals surface area contributed by atoms with E-state index in [0.717, 1.165) is 5.56 Å². The van der Waals surface area contributed by atoms with Crippen LogP contribution in [-0.4, -0.2) is 63.0 Å². The van der Waals surface area contributed by atoms with Gasteiger partial charge in [-0.25, -0.2) is 4.39 Å². The Bertz CT molecular complexity index is 1150. The molecule has 0 spiro atoms. The van der Waals surface area contributed by atoms with Crippen LogP contribution in [-0.2, 0) is 20.9 Å². The molecule has 33 heavy (non-hydrogen) atoms. The number of halogens is 1. The molecule has 3 saturated heterocycles. The molecule has 0 aromatic heterocycles. The van der Waals surface area contributed by atoms with Gasteiger partial charge in [0.15, 0.2) is 0 Å². The maximum Gasteiger partial charge on any atom is 0.255 e. The first-order valence-electron chi connectivity index (χ1n) is 11.1. The molecule has 0 radical (unpaired) electrons. The van der Waals surface area contributed by atoms with Crippen molar-refractivity contribution in [2.45, 2.75) is 32.0 Å². The lowest BCUT2D eigenvalue weighted by Gasteiger charge is -2.47. The van der Waals surface area contributed by atoms with Gasteiger partial charge < -0.3 is 9.80 Å². The maximum absolute atomic E-state index is 13.6. The van der Waals surface area contributed by atoms with Crippen LogP contribution in [0.4, 0.5) is 4.39 Å². The van der Waals surface area contributed by atoms with Gasteiger partial charge in [-0.15, -0.1) is 0 Å². The Morgan fingerprint density at radius 2 is 1.70 bits per heavy atom. The van der Waals surface area contributed by atoms with Crippen LogP contribution in [0.2, 0.25) is 0 Å². The van der Waals surface area contributed by atoms with E-state index in [1.807, 2.05) is 37.3 Å². The molecule has 4 amide bonds. The number of amides is 4. The van der Waals surface area contributed by atoms with E-state index in [1.165, 1.54) is 34.1 Å². The Morgan fingerprint density at radius 3 is 2.33 bits per heavy atom. The van der Waals surface area contributed by atoms with E-state index in [2.05, 4.69) is 0 Å². The number of piperazine rings is 1. The van der Waals surface area contributed by atoms with E-state index in [4.69, 9.17) is 0 Å². The van der Waals surface area contributed by atoms with Crippen molar-refractivity contribution in [2.75, 3.05) is 13.1 Å². The summed E-state index contributed by atoms with van der Waals surface area (Å²) in [6, 6.07) is 13.7. The minimum atomic E-state index is -1.49. The van der Waals surface area contributed by atoms with Crippen molar-refractivity contribution < 1.29 is 23.6 Å². The van der Waals surface area contributed by atoms with Crippen molar-refractivity contribution in [3.8, 4) is 0 Å². The van der Waals surface area contributed by atoms with Crippen molar-refractivity contribution in [3.05, 3.63) is 71.5 Å². The molecule has 0 aliphatic carbocycles. The number of nitrogens with zero attached hydrogens (tertiary/aromatic N) is 3. The van der Waals surface area contributed by atoms with E-state index in [1.54, 1.807) is 11.8 Å². The van der Waals surface area contributed by atoms with Gasteiger partial charge in [-0.2, -0.15) is 0 Å². The highest BCUT2D eigenvalue weighted by atomic mass is 19.1. The fraction of sp³-hybridized carbons (Fsp3) is 0.360. The third-order valence-corrected chi connectivity index (χ3v) is 7.30. The number of carbonyl (C=O) groups excluding carboxylic acids is 4. The number of fused-ring (bicyclic) bond motifs is 5. The van der Waals surface area contributed by atoms with E-state index in [-0.39, 0.29) is 30.5 Å². The summed E-state index contributed by atoms with van der Waals surface area (Å²) in [6.45, 7) is 4.15. The largest absolute Gasteiger partial charge is 0.339 e. The number of carbonyl (C=O) groups is 4. The summed E-state index contributed by atoms with van der Waals surface area (Å²) in [5, 5.41) is 0. The molecular weight excluding hydrogens is 425 g/mol. The van der Waals surface area contributed by atoms with Crippen LogP contribution in [0.25, 0.3) is 0 Å². The first-order valence-corrected chi connectivity index (χ1v) is 11.1. The average molecular weight is 449 g/mol. The second-order valence-electron chi connectivity index (χ2n) is 8.99. The van der Waals surface area contributed by atoms with E-state index in [9.17, 15) is 23.6 Å². The standard InChI is InChI=1S/C25H24FN3O4/c1-3-27-14-18-19-20(23(32)28(22(19)31)13-15-7-5-4-6-8-15)25(2,24(27)33)29(18)21(30)16-9-11-17(26)12-10-16/h4-12,18-20H,3,13-14H2,1-2H3/t18-,19+,20-,25-/m1/s1. The highest BCUT2D eigenvalue weighted by Crippen LogP contribution is 2.52. The molecule has 8 heteroatoms. The fourth-order valence-corrected chi connectivity index (χ4v) is 5.73. The lowest BCUT2D eigenvalue weighted by Crippen LogP contribution is -2.68. The molecule has 3 heterocycles. The van der Waals surface area contributed by atoms with Gasteiger partial charge in [0, 0.05) is 18.7 Å². The molecule has 7 nitrogen and oxygen atoms in total. The summed E-state index contributed by atoms with van der Waals surface area (Å²) < 4.78 is 13.4. The minimum absolute atomic E-state index is 0.131. The van der Waals surface area contributed by atoms with Gasteiger partial charge in [-0.1, -0.05) is 30.3 Å². The van der Waals surface area contributed by atoms with Gasteiger partial charge in [0.1, 0.15) is 11.4 Å². The molecule has 3 fully saturated rings. The monoisotopic (exact) mass is 449 g/mol. The molecule has 3 aliphatic heterocycles. The summed E-state index contributed by atoms with van der Waals surface area (Å²) in [4.78, 5) is 58.5. The quantitative estimate of drug-likeness (QED) is 0.670. The van der Waals surface area contributed by atoms with Crippen LogP contribution < -0.4 is 0 Å². The second kappa shape index (κ2) is 7.50. The van der Waals surface area contributed by atoms with Crippen molar-refractivity contribution >= 4 is 23.6 Å². The van der Waals surface area contributed by atoms with Crippen LogP contribution in [0.5, 0.6) is 0 Å². The molecule has 4 atom stereocenters. The number of rotatable bonds is 4. The molecular formula is C25H24FN3O4. The molecule has 3 aliphatic rings. The van der Waals surface area contributed by atoms with Crippen LogP contribution in [0.3, 0.4) is 0 Å². The molecule has 0 N–H and O–H groups in total. The molecule has 2 aromatic rings. The lowest BCUT2D eigenvalue weighted by atomic mass is 9.81. The Hall–Kier alpha value is -3.55. The number of hydrogen-bond acceptors (Lipinski definition) is 4. The zero-order chi connectivity index (χ0) is 23.5. The number of hydrogen-bond donors (Lipinski definition) is 0. The lowest BCUT2D eigenvalue weighted by molar-refractivity contribution is -0.155.